The number of hydrogen-bond donors (Lipinski definition) is 1. The lowest BCUT2D eigenvalue weighted by Gasteiger charge is -2.35. The van der Waals surface area contributed by atoms with E-state index in [-0.39, 0.29) is 30.7 Å². The Balaban J connectivity index is 0.00000169. The molecule has 1 aliphatic heterocycles. The summed E-state index contributed by atoms with van der Waals surface area (Å²) in [4.78, 5) is 16.5. The van der Waals surface area contributed by atoms with E-state index in [1.54, 1.807) is 7.11 Å². The summed E-state index contributed by atoms with van der Waals surface area (Å²) in [5.41, 5.74) is 1.09. The predicted octanol–water partition coefficient (Wildman–Crippen LogP) is 2.84. The molecule has 5 nitrogen and oxygen atoms in total. The maximum atomic E-state index is 12.2. The lowest BCUT2D eigenvalue weighted by atomic mass is 10.1. The molecule has 1 aromatic rings. The predicted molar refractivity (Wildman–Crippen MR) is 110 cm³/mol. The Morgan fingerprint density at radius 3 is 2.54 bits per heavy atom. The van der Waals surface area contributed by atoms with Gasteiger partial charge in [-0.2, -0.15) is 0 Å². The second-order valence-electron chi connectivity index (χ2n) is 6.69. The molecule has 8 heteroatoms. The number of rotatable bonds is 7. The van der Waals surface area contributed by atoms with Crippen LogP contribution in [0.5, 0.6) is 5.75 Å². The third kappa shape index (κ3) is 6.78. The molecule has 1 aromatic carbocycles. The summed E-state index contributed by atoms with van der Waals surface area (Å²) in [6.07, 6.45) is 2.62. The van der Waals surface area contributed by atoms with Crippen LogP contribution in [-0.2, 0) is 11.3 Å². The summed E-state index contributed by atoms with van der Waals surface area (Å²) in [6, 6.07) is 5.71. The van der Waals surface area contributed by atoms with Crippen molar-refractivity contribution in [2.45, 2.75) is 19.4 Å². The minimum absolute atomic E-state index is 0. The molecule has 1 heterocycles. The molecule has 0 radical (unpaired) electrons. The topological polar surface area (TPSA) is 44.8 Å². The highest BCUT2D eigenvalue weighted by atomic mass is 35.5. The van der Waals surface area contributed by atoms with Gasteiger partial charge in [0.1, 0.15) is 5.75 Å². The monoisotopic (exact) mass is 423 g/mol. The Morgan fingerprint density at radius 1 is 1.23 bits per heavy atom. The van der Waals surface area contributed by atoms with Crippen molar-refractivity contribution in [2.75, 3.05) is 46.4 Å². The minimum atomic E-state index is 0. The first-order valence-corrected chi connectivity index (χ1v) is 9.07. The molecule has 0 spiro atoms. The van der Waals surface area contributed by atoms with Gasteiger partial charge >= 0.3 is 0 Å². The fraction of sp³-hybridized carbons (Fsp3) is 0.611. The van der Waals surface area contributed by atoms with Gasteiger partial charge in [0.25, 0.3) is 0 Å². The first kappa shape index (κ1) is 23.3. The molecule has 26 heavy (non-hydrogen) atoms. The van der Waals surface area contributed by atoms with Crippen LogP contribution < -0.4 is 10.1 Å². The molecule has 1 saturated carbocycles. The van der Waals surface area contributed by atoms with Crippen molar-refractivity contribution in [3.05, 3.63) is 28.8 Å². The van der Waals surface area contributed by atoms with Crippen molar-refractivity contribution in [3.8, 4) is 5.75 Å². The highest BCUT2D eigenvalue weighted by Gasteiger charge is 2.23. The SMILES string of the molecule is COc1ccc(Cl)cc1CN1CCN(C(=O)CNCC2CC2)CC1.Cl.Cl. The second-order valence-corrected chi connectivity index (χ2v) is 7.12. The molecule has 2 aliphatic rings. The van der Waals surface area contributed by atoms with Gasteiger partial charge in [0.05, 0.1) is 13.7 Å². The van der Waals surface area contributed by atoms with E-state index in [4.69, 9.17) is 16.3 Å². The molecule has 1 N–H and O–H groups in total. The zero-order valence-corrected chi connectivity index (χ0v) is 17.5. The van der Waals surface area contributed by atoms with Gasteiger partial charge in [-0.3, -0.25) is 9.69 Å². The third-order valence-electron chi connectivity index (χ3n) is 4.77. The zero-order valence-electron chi connectivity index (χ0n) is 15.1. The summed E-state index contributed by atoms with van der Waals surface area (Å²) in [5, 5.41) is 4.00. The molecule has 3 rings (SSSR count). The smallest absolute Gasteiger partial charge is 0.236 e. The summed E-state index contributed by atoms with van der Waals surface area (Å²) in [7, 11) is 1.68. The highest BCUT2D eigenvalue weighted by Crippen LogP contribution is 2.27. The number of amides is 1. The number of carbonyl (C=O) groups is 1. The second kappa shape index (κ2) is 11.2. The molecule has 1 amide bonds. The van der Waals surface area contributed by atoms with Gasteiger partial charge in [0.15, 0.2) is 0 Å². The Labute approximate surface area is 173 Å². The quantitative estimate of drug-likeness (QED) is 0.731. The largest absolute Gasteiger partial charge is 0.496 e. The zero-order chi connectivity index (χ0) is 16.9. The van der Waals surface area contributed by atoms with Crippen molar-refractivity contribution < 1.29 is 9.53 Å². The Kier molecular flexibility index (Phi) is 10.0. The van der Waals surface area contributed by atoms with E-state index >= 15 is 0 Å². The molecule has 0 atom stereocenters. The number of hydrogen-bond acceptors (Lipinski definition) is 4. The minimum Gasteiger partial charge on any atom is -0.496 e. The number of halogens is 3. The van der Waals surface area contributed by atoms with Gasteiger partial charge in [-0.05, 0) is 43.5 Å². The van der Waals surface area contributed by atoms with Gasteiger partial charge in [-0.1, -0.05) is 11.6 Å². The van der Waals surface area contributed by atoms with E-state index in [0.717, 1.165) is 61.5 Å². The molecule has 1 saturated heterocycles. The fourth-order valence-corrected chi connectivity index (χ4v) is 3.28. The standard InChI is InChI=1S/C18H26ClN3O2.2ClH/c1-24-17-5-4-16(19)10-15(17)13-21-6-8-22(9-7-21)18(23)12-20-11-14-2-3-14;;/h4-5,10,14,20H,2-3,6-9,11-13H2,1H3;2*1H. The lowest BCUT2D eigenvalue weighted by Crippen LogP contribution is -2.50. The van der Waals surface area contributed by atoms with Crippen LogP contribution in [0.3, 0.4) is 0 Å². The van der Waals surface area contributed by atoms with Crippen LogP contribution in [0.15, 0.2) is 18.2 Å². The Bertz CT molecular complexity index is 577. The molecular weight excluding hydrogens is 397 g/mol. The summed E-state index contributed by atoms with van der Waals surface area (Å²) in [5.74, 6) is 1.89. The van der Waals surface area contributed by atoms with E-state index in [2.05, 4.69) is 10.2 Å². The van der Waals surface area contributed by atoms with Gasteiger partial charge in [0.2, 0.25) is 5.91 Å². The molecule has 1 aliphatic carbocycles. The average Bonchev–Trinajstić information content (AvgIpc) is 3.40. The van der Waals surface area contributed by atoms with E-state index in [0.29, 0.717) is 6.54 Å². The van der Waals surface area contributed by atoms with E-state index in [1.165, 1.54) is 12.8 Å². The molecule has 2 fully saturated rings. The third-order valence-corrected chi connectivity index (χ3v) is 5.00. The van der Waals surface area contributed by atoms with Crippen LogP contribution in [0.2, 0.25) is 5.02 Å². The van der Waals surface area contributed by atoms with Crippen LogP contribution in [0.1, 0.15) is 18.4 Å². The lowest BCUT2D eigenvalue weighted by molar-refractivity contribution is -0.132. The molecule has 0 bridgehead atoms. The van der Waals surface area contributed by atoms with Crippen molar-refractivity contribution >= 4 is 42.3 Å². The van der Waals surface area contributed by atoms with E-state index in [1.807, 2.05) is 23.1 Å². The maximum absolute atomic E-state index is 12.2. The van der Waals surface area contributed by atoms with Crippen LogP contribution in [0, 0.1) is 5.92 Å². The van der Waals surface area contributed by atoms with Crippen LogP contribution in [-0.4, -0.2) is 62.1 Å². The number of methoxy groups -OCH3 is 1. The average molecular weight is 425 g/mol. The van der Waals surface area contributed by atoms with Gasteiger partial charge < -0.3 is 15.0 Å². The van der Waals surface area contributed by atoms with Crippen LogP contribution >= 0.6 is 36.4 Å². The number of benzene rings is 1. The molecule has 148 valence electrons. The van der Waals surface area contributed by atoms with Gasteiger partial charge in [0, 0.05) is 43.3 Å². The van der Waals surface area contributed by atoms with E-state index < -0.39 is 0 Å². The summed E-state index contributed by atoms with van der Waals surface area (Å²) < 4.78 is 5.41. The summed E-state index contributed by atoms with van der Waals surface area (Å²) in [6.45, 7) is 5.58. The number of nitrogens with one attached hydrogen (secondary N) is 1. The number of ether oxygens (including phenoxy) is 1. The normalized spacial score (nSPS) is 17.2. The van der Waals surface area contributed by atoms with Crippen molar-refractivity contribution in [2.24, 2.45) is 5.92 Å². The first-order valence-electron chi connectivity index (χ1n) is 8.69. The maximum Gasteiger partial charge on any atom is 0.236 e. The first-order chi connectivity index (χ1) is 11.7. The van der Waals surface area contributed by atoms with Crippen molar-refractivity contribution in [1.29, 1.82) is 0 Å². The Morgan fingerprint density at radius 2 is 1.92 bits per heavy atom. The number of carbonyl (C=O) groups excluding carboxylic acids is 1. The highest BCUT2D eigenvalue weighted by molar-refractivity contribution is 6.30. The van der Waals surface area contributed by atoms with Crippen molar-refractivity contribution in [3.63, 3.8) is 0 Å². The molecule has 0 aromatic heterocycles. The van der Waals surface area contributed by atoms with Crippen LogP contribution in [0.25, 0.3) is 0 Å². The van der Waals surface area contributed by atoms with Crippen molar-refractivity contribution in [1.82, 2.24) is 15.1 Å². The van der Waals surface area contributed by atoms with Gasteiger partial charge in [-0.15, -0.1) is 24.8 Å². The fourth-order valence-electron chi connectivity index (χ4n) is 3.08. The van der Waals surface area contributed by atoms with E-state index in [9.17, 15) is 4.79 Å². The summed E-state index contributed by atoms with van der Waals surface area (Å²) >= 11 is 6.10. The Hall–Kier alpha value is -0.720. The molecule has 0 unspecified atom stereocenters. The van der Waals surface area contributed by atoms with Crippen LogP contribution in [0.4, 0.5) is 0 Å². The number of piperazine rings is 1. The number of nitrogens with zero attached hydrogens (tertiary/aromatic N) is 2. The van der Waals surface area contributed by atoms with Gasteiger partial charge in [-0.25, -0.2) is 0 Å². The molecular formula is C18H28Cl3N3O2.